The van der Waals surface area contributed by atoms with Gasteiger partial charge in [0.25, 0.3) is 0 Å². The van der Waals surface area contributed by atoms with E-state index in [1.165, 1.54) is 25.7 Å². The van der Waals surface area contributed by atoms with E-state index in [4.69, 9.17) is 19.3 Å². The molecule has 1 atom stereocenters. The van der Waals surface area contributed by atoms with Crippen LogP contribution in [0.3, 0.4) is 0 Å². The molecule has 0 saturated heterocycles. The summed E-state index contributed by atoms with van der Waals surface area (Å²) < 4.78 is 26.1. The summed E-state index contributed by atoms with van der Waals surface area (Å²) >= 11 is 0. The zero-order valence-electron chi connectivity index (χ0n) is 28.6. The van der Waals surface area contributed by atoms with E-state index in [-0.39, 0.29) is 25.2 Å². The molecule has 46 heavy (non-hydrogen) atoms. The summed E-state index contributed by atoms with van der Waals surface area (Å²) in [6.45, 7) is 5.69. The second-order valence-corrected chi connectivity index (χ2v) is 13.2. The lowest BCUT2D eigenvalue weighted by atomic mass is 10.0. The molecule has 10 heteroatoms. The molecular formula is C36H61O9P. The first kappa shape index (κ1) is 43.7. The van der Waals surface area contributed by atoms with Gasteiger partial charge in [0.1, 0.15) is 6.61 Å². The molecule has 0 saturated carbocycles. The van der Waals surface area contributed by atoms with Gasteiger partial charge in [-0.15, -0.1) is 0 Å². The van der Waals surface area contributed by atoms with E-state index >= 15 is 0 Å². The summed E-state index contributed by atoms with van der Waals surface area (Å²) in [4.78, 5) is 54.1. The largest absolute Gasteiger partial charge is 0.469 e. The first-order valence-corrected chi connectivity index (χ1v) is 18.8. The van der Waals surface area contributed by atoms with Crippen LogP contribution in [0.5, 0.6) is 0 Å². The predicted octanol–water partition coefficient (Wildman–Crippen LogP) is 9.04. The fraction of sp³-hybridized carbons (Fsp3) is 0.694. The van der Waals surface area contributed by atoms with Crippen molar-refractivity contribution in [1.82, 2.24) is 0 Å². The van der Waals surface area contributed by atoms with Crippen molar-refractivity contribution >= 4 is 25.5 Å². The Hall–Kier alpha value is -2.32. The predicted molar refractivity (Wildman–Crippen MR) is 184 cm³/mol. The molecule has 0 rings (SSSR count). The molecule has 264 valence electrons. The van der Waals surface area contributed by atoms with E-state index in [1.807, 2.05) is 36.5 Å². The number of carbonyl (C=O) groups is 3. The SMILES string of the molecule is CCCCCC(=O)/C=C/C=C\C/C=C\C/C=C\CCCC(=O)O[C@H](COC(=O)CCCCCCCCCC(C)C)COP(=O)(O)O. The van der Waals surface area contributed by atoms with Crippen LogP contribution in [0, 0.1) is 5.92 Å². The summed E-state index contributed by atoms with van der Waals surface area (Å²) in [6, 6.07) is 0. The van der Waals surface area contributed by atoms with Crippen LogP contribution in [0.4, 0.5) is 0 Å². The molecule has 0 aromatic rings. The molecule has 9 nitrogen and oxygen atoms in total. The third kappa shape index (κ3) is 33.1. The van der Waals surface area contributed by atoms with Gasteiger partial charge in [-0.25, -0.2) is 4.57 Å². The summed E-state index contributed by atoms with van der Waals surface area (Å²) in [5.41, 5.74) is 0. The second kappa shape index (κ2) is 30.0. The number of ketones is 1. The molecule has 0 bridgehead atoms. The molecular weight excluding hydrogens is 607 g/mol. The van der Waals surface area contributed by atoms with E-state index in [2.05, 4.69) is 25.3 Å². The summed E-state index contributed by atoms with van der Waals surface area (Å²) in [5.74, 6) is -0.0839. The average Bonchev–Trinajstić information content (AvgIpc) is 2.99. The molecule has 0 heterocycles. The number of hydrogen-bond acceptors (Lipinski definition) is 7. The maximum Gasteiger partial charge on any atom is 0.469 e. The minimum atomic E-state index is -4.77. The van der Waals surface area contributed by atoms with Gasteiger partial charge >= 0.3 is 19.8 Å². The minimum absolute atomic E-state index is 0.109. The zero-order valence-corrected chi connectivity index (χ0v) is 29.5. The van der Waals surface area contributed by atoms with Gasteiger partial charge in [-0.05, 0) is 50.5 Å². The maximum atomic E-state index is 12.3. The molecule has 0 radical (unpaired) electrons. The van der Waals surface area contributed by atoms with E-state index in [9.17, 15) is 18.9 Å². The molecule has 0 amide bonds. The summed E-state index contributed by atoms with van der Waals surface area (Å²) in [6.07, 6.45) is 29.9. The van der Waals surface area contributed by atoms with Crippen LogP contribution < -0.4 is 0 Å². The fourth-order valence-corrected chi connectivity index (χ4v) is 4.75. The minimum Gasteiger partial charge on any atom is -0.462 e. The monoisotopic (exact) mass is 668 g/mol. The lowest BCUT2D eigenvalue weighted by Crippen LogP contribution is -2.29. The normalized spacial score (nSPS) is 13.1. The van der Waals surface area contributed by atoms with Crippen molar-refractivity contribution in [3.63, 3.8) is 0 Å². The number of hydrogen-bond donors (Lipinski definition) is 2. The molecule has 0 aliphatic heterocycles. The Balaban J connectivity index is 4.19. The van der Waals surface area contributed by atoms with Crippen LogP contribution >= 0.6 is 7.82 Å². The van der Waals surface area contributed by atoms with Crippen LogP contribution in [0.25, 0.3) is 0 Å². The number of rotatable bonds is 30. The van der Waals surface area contributed by atoms with Gasteiger partial charge < -0.3 is 19.3 Å². The average molecular weight is 669 g/mol. The van der Waals surface area contributed by atoms with Crippen molar-refractivity contribution in [2.45, 2.75) is 142 Å². The van der Waals surface area contributed by atoms with Crippen molar-refractivity contribution in [2.75, 3.05) is 13.2 Å². The number of phosphoric acid groups is 1. The van der Waals surface area contributed by atoms with E-state index in [1.54, 1.807) is 12.2 Å². The Morgan fingerprint density at radius 2 is 1.30 bits per heavy atom. The lowest BCUT2D eigenvalue weighted by molar-refractivity contribution is -0.161. The van der Waals surface area contributed by atoms with Crippen molar-refractivity contribution in [3.8, 4) is 0 Å². The maximum absolute atomic E-state index is 12.3. The number of unbranched alkanes of at least 4 members (excludes halogenated alkanes) is 9. The molecule has 0 unspecified atom stereocenters. The smallest absolute Gasteiger partial charge is 0.462 e. The highest BCUT2D eigenvalue weighted by Crippen LogP contribution is 2.35. The van der Waals surface area contributed by atoms with Gasteiger partial charge in [-0.3, -0.25) is 18.9 Å². The van der Waals surface area contributed by atoms with Gasteiger partial charge in [0, 0.05) is 19.3 Å². The molecule has 0 aliphatic carbocycles. The Morgan fingerprint density at radius 1 is 0.696 bits per heavy atom. The summed E-state index contributed by atoms with van der Waals surface area (Å²) in [7, 11) is -4.77. The number of ether oxygens (including phenoxy) is 2. The zero-order chi connectivity index (χ0) is 34.3. The highest BCUT2D eigenvalue weighted by atomic mass is 31.2. The van der Waals surface area contributed by atoms with Crippen LogP contribution in [0.1, 0.15) is 136 Å². The van der Waals surface area contributed by atoms with Crippen LogP contribution in [-0.4, -0.2) is 46.8 Å². The lowest BCUT2D eigenvalue weighted by Gasteiger charge is -2.18. The van der Waals surface area contributed by atoms with Gasteiger partial charge in [0.2, 0.25) is 0 Å². The highest BCUT2D eigenvalue weighted by Gasteiger charge is 2.22. The number of carbonyl (C=O) groups excluding carboxylic acids is 3. The highest BCUT2D eigenvalue weighted by molar-refractivity contribution is 7.46. The van der Waals surface area contributed by atoms with Gasteiger partial charge in [0.15, 0.2) is 11.9 Å². The Labute approximate surface area is 278 Å². The summed E-state index contributed by atoms with van der Waals surface area (Å²) in [5, 5.41) is 0. The van der Waals surface area contributed by atoms with Crippen molar-refractivity contribution < 1.29 is 42.7 Å². The van der Waals surface area contributed by atoms with Crippen molar-refractivity contribution in [2.24, 2.45) is 5.92 Å². The van der Waals surface area contributed by atoms with E-state index in [0.29, 0.717) is 25.7 Å². The van der Waals surface area contributed by atoms with Gasteiger partial charge in [-0.1, -0.05) is 121 Å². The van der Waals surface area contributed by atoms with E-state index in [0.717, 1.165) is 57.3 Å². The topological polar surface area (TPSA) is 136 Å². The van der Waals surface area contributed by atoms with Crippen LogP contribution in [-0.2, 0) is 32.9 Å². The van der Waals surface area contributed by atoms with Gasteiger partial charge in [-0.2, -0.15) is 0 Å². The third-order valence-corrected chi connectivity index (χ3v) is 7.49. The van der Waals surface area contributed by atoms with Crippen molar-refractivity contribution in [1.29, 1.82) is 0 Å². The molecule has 0 aromatic heterocycles. The Bertz CT molecular complexity index is 963. The van der Waals surface area contributed by atoms with Crippen LogP contribution in [0.15, 0.2) is 48.6 Å². The van der Waals surface area contributed by atoms with Crippen molar-refractivity contribution in [3.05, 3.63) is 48.6 Å². The third-order valence-electron chi connectivity index (χ3n) is 7.00. The van der Waals surface area contributed by atoms with Crippen LogP contribution in [0.2, 0.25) is 0 Å². The molecule has 0 aliphatic rings. The molecule has 0 fully saturated rings. The first-order chi connectivity index (χ1) is 22.0. The molecule has 2 N–H and O–H groups in total. The van der Waals surface area contributed by atoms with Gasteiger partial charge in [0.05, 0.1) is 6.61 Å². The number of phosphoric ester groups is 1. The second-order valence-electron chi connectivity index (χ2n) is 12.0. The standard InChI is InChI=1S/C36H61O9P/c1-4-5-20-26-33(37)27-22-17-13-9-7-6-8-10-14-19-24-29-36(39)45-34(31-44-46(40,41)42)30-43-35(38)28-23-18-15-11-12-16-21-25-32(2)3/h6-7,10,13-14,17,22,27,32,34H,4-5,8-9,11-12,15-16,18-21,23-26,28-31H2,1-3H3,(H2,40,41,42)/b7-6-,14-10-,17-13-,27-22+/t34-/m1/s1. The Morgan fingerprint density at radius 3 is 1.98 bits per heavy atom. The quantitative estimate of drug-likeness (QED) is 0.0192. The van der Waals surface area contributed by atoms with E-state index < -0.39 is 32.5 Å². The molecule has 0 aromatic carbocycles. The Kier molecular flexibility index (Phi) is 28.5. The first-order valence-electron chi connectivity index (χ1n) is 17.2. The number of allylic oxidation sites excluding steroid dienone is 8. The molecule has 0 spiro atoms. The fourth-order valence-electron chi connectivity index (χ4n) is 4.39. The number of esters is 2.